The van der Waals surface area contributed by atoms with Crippen molar-refractivity contribution < 1.29 is 31.9 Å². The van der Waals surface area contributed by atoms with Crippen LogP contribution in [0, 0.1) is 18.7 Å². The Bertz CT molecular complexity index is 1280. The van der Waals surface area contributed by atoms with Crippen LogP contribution in [-0.4, -0.2) is 11.9 Å². The second kappa shape index (κ2) is 10.3. The summed E-state index contributed by atoms with van der Waals surface area (Å²) in [6, 6.07) is 5.82. The molecule has 2 aliphatic carbocycles. The van der Waals surface area contributed by atoms with Gasteiger partial charge in [-0.15, -0.1) is 0 Å². The molecular weight excluding hydrogens is 478 g/mol. The van der Waals surface area contributed by atoms with Gasteiger partial charge in [0, 0.05) is 35.5 Å². The highest BCUT2D eigenvalue weighted by atomic mass is 19.4. The average Bonchev–Trinajstić information content (AvgIpc) is 3.63. The number of halogens is 4. The molecule has 1 saturated carbocycles. The number of carbonyl (C=O) groups is 2. The number of hydrogen-bond donors (Lipinski definition) is 3. The number of anilines is 2. The smallest absolute Gasteiger partial charge is 0.416 e. The third-order valence-corrected chi connectivity index (χ3v) is 5.45. The molecule has 0 aromatic heterocycles. The number of ether oxygens (including phenoxy) is 1. The highest BCUT2D eigenvalue weighted by Crippen LogP contribution is 2.32. The van der Waals surface area contributed by atoms with Gasteiger partial charge in [-0.2, -0.15) is 13.2 Å². The molecule has 3 N–H and O–H groups in total. The molecule has 0 radical (unpaired) electrons. The van der Waals surface area contributed by atoms with E-state index in [0.29, 0.717) is 41.3 Å². The Balaban J connectivity index is 1.40. The van der Waals surface area contributed by atoms with E-state index in [1.165, 1.54) is 0 Å². The number of benzene rings is 2. The molecule has 2 aromatic carbocycles. The van der Waals surface area contributed by atoms with Crippen molar-refractivity contribution in [3.63, 3.8) is 0 Å². The Morgan fingerprint density at radius 2 is 1.81 bits per heavy atom. The van der Waals surface area contributed by atoms with Gasteiger partial charge in [-0.05, 0) is 67.8 Å². The van der Waals surface area contributed by atoms with E-state index in [0.717, 1.165) is 24.6 Å². The van der Waals surface area contributed by atoms with E-state index in [2.05, 4.69) is 16.0 Å². The average molecular weight is 501 g/mol. The van der Waals surface area contributed by atoms with Crippen molar-refractivity contribution in [2.45, 2.75) is 32.4 Å². The fourth-order valence-corrected chi connectivity index (χ4v) is 3.48. The molecule has 3 amide bonds. The van der Waals surface area contributed by atoms with E-state index >= 15 is 0 Å². The van der Waals surface area contributed by atoms with Crippen molar-refractivity contribution in [3.8, 4) is 5.75 Å². The number of rotatable bonds is 6. The van der Waals surface area contributed by atoms with Crippen molar-refractivity contribution in [1.29, 1.82) is 0 Å². The highest BCUT2D eigenvalue weighted by molar-refractivity contribution is 6.00. The second-order valence-electron chi connectivity index (χ2n) is 8.52. The second-order valence-corrected chi connectivity index (χ2v) is 8.52. The summed E-state index contributed by atoms with van der Waals surface area (Å²) < 4.78 is 58.2. The highest BCUT2D eigenvalue weighted by Gasteiger charge is 2.32. The lowest BCUT2D eigenvalue weighted by molar-refractivity contribution is -0.137. The van der Waals surface area contributed by atoms with Crippen molar-refractivity contribution in [2.75, 3.05) is 10.6 Å². The molecule has 1 fully saturated rings. The van der Waals surface area contributed by atoms with Crippen molar-refractivity contribution >= 4 is 23.3 Å². The SMILES string of the molecule is Cc1cc(OC2=CC=CCC(NC(=O)C3CC3)=C2)ccc1NC(=O)Nc1cc(F)cc(C(F)(F)F)c1. The molecule has 6 nitrogen and oxygen atoms in total. The lowest BCUT2D eigenvalue weighted by Crippen LogP contribution is -2.24. The maximum Gasteiger partial charge on any atom is 0.416 e. The summed E-state index contributed by atoms with van der Waals surface area (Å²) in [7, 11) is 0. The van der Waals surface area contributed by atoms with Gasteiger partial charge in [0.15, 0.2) is 0 Å². The van der Waals surface area contributed by atoms with E-state index in [-0.39, 0.29) is 17.5 Å². The fraction of sp³-hybridized carbons (Fsp3) is 0.231. The molecular formula is C26H23F4N3O3. The molecule has 0 heterocycles. The minimum atomic E-state index is -4.75. The predicted molar refractivity (Wildman–Crippen MR) is 127 cm³/mol. The van der Waals surface area contributed by atoms with Crippen molar-refractivity contribution in [3.05, 3.63) is 89.1 Å². The maximum atomic E-state index is 13.6. The topological polar surface area (TPSA) is 79.5 Å². The minimum absolute atomic E-state index is 0.00770. The molecule has 0 spiro atoms. The molecule has 0 saturated heterocycles. The van der Waals surface area contributed by atoms with E-state index in [9.17, 15) is 27.2 Å². The van der Waals surface area contributed by atoms with Gasteiger partial charge in [0.25, 0.3) is 0 Å². The molecule has 2 aliphatic rings. The first-order valence-corrected chi connectivity index (χ1v) is 11.2. The van der Waals surface area contributed by atoms with Crippen LogP contribution in [0.25, 0.3) is 0 Å². The summed E-state index contributed by atoms with van der Waals surface area (Å²) in [5, 5.41) is 7.66. The molecule has 0 aliphatic heterocycles. The van der Waals surface area contributed by atoms with Gasteiger partial charge < -0.3 is 20.7 Å². The molecule has 36 heavy (non-hydrogen) atoms. The zero-order chi connectivity index (χ0) is 25.9. The largest absolute Gasteiger partial charge is 0.457 e. The van der Waals surface area contributed by atoms with Crippen LogP contribution in [0.15, 0.2) is 72.2 Å². The number of alkyl halides is 3. The molecule has 10 heteroatoms. The Labute approximate surface area is 204 Å². The van der Waals surface area contributed by atoms with Crippen LogP contribution in [0.3, 0.4) is 0 Å². The summed E-state index contributed by atoms with van der Waals surface area (Å²) in [5.41, 5.74) is 0.193. The number of nitrogens with one attached hydrogen (secondary N) is 3. The number of carbonyl (C=O) groups excluding carboxylic acids is 2. The van der Waals surface area contributed by atoms with Crippen LogP contribution >= 0.6 is 0 Å². The van der Waals surface area contributed by atoms with E-state index in [1.54, 1.807) is 37.3 Å². The molecule has 4 rings (SSSR count). The summed E-state index contributed by atoms with van der Waals surface area (Å²) in [4.78, 5) is 24.4. The number of amides is 3. The van der Waals surface area contributed by atoms with Crippen molar-refractivity contribution in [1.82, 2.24) is 5.32 Å². The molecule has 0 unspecified atom stereocenters. The first kappa shape index (κ1) is 25.0. The number of allylic oxidation sites excluding steroid dienone is 4. The maximum absolute atomic E-state index is 13.6. The summed E-state index contributed by atoms with van der Waals surface area (Å²) in [5.74, 6) is -0.0413. The summed E-state index contributed by atoms with van der Waals surface area (Å²) in [6.07, 6.45) is 4.87. The lowest BCUT2D eigenvalue weighted by atomic mass is 10.2. The fourth-order valence-electron chi connectivity index (χ4n) is 3.48. The Hall–Kier alpha value is -4.08. The Morgan fingerprint density at radius 1 is 1.03 bits per heavy atom. The molecule has 188 valence electrons. The monoisotopic (exact) mass is 501 g/mol. The van der Waals surface area contributed by atoms with Gasteiger partial charge in [-0.3, -0.25) is 4.79 Å². The zero-order valence-electron chi connectivity index (χ0n) is 19.2. The number of hydrogen-bond acceptors (Lipinski definition) is 3. The zero-order valence-corrected chi connectivity index (χ0v) is 19.2. The van der Waals surface area contributed by atoms with Gasteiger partial charge >= 0.3 is 12.2 Å². The summed E-state index contributed by atoms with van der Waals surface area (Å²) >= 11 is 0. The minimum Gasteiger partial charge on any atom is -0.457 e. The lowest BCUT2D eigenvalue weighted by Gasteiger charge is -2.14. The predicted octanol–water partition coefficient (Wildman–Crippen LogP) is 6.43. The van der Waals surface area contributed by atoms with Crippen LogP contribution in [0.5, 0.6) is 5.75 Å². The van der Waals surface area contributed by atoms with E-state index in [1.807, 2.05) is 12.2 Å². The third-order valence-electron chi connectivity index (χ3n) is 5.45. The van der Waals surface area contributed by atoms with Crippen LogP contribution in [0.4, 0.5) is 33.7 Å². The number of aryl methyl sites for hydroxylation is 1. The summed E-state index contributed by atoms with van der Waals surface area (Å²) in [6.45, 7) is 1.71. The first-order chi connectivity index (χ1) is 17.1. The standard InChI is InChI=1S/C26H23F4N3O3/c1-15-10-22(36-21-5-3-2-4-19(14-21)31-24(34)16-6-7-16)8-9-23(15)33-25(35)32-20-12-17(26(28,29)30)11-18(27)13-20/h2-3,5,8-14,16H,4,6-7H2,1H3,(H,31,34)(H2,32,33,35). The van der Waals surface area contributed by atoms with E-state index in [4.69, 9.17) is 4.74 Å². The van der Waals surface area contributed by atoms with Crippen LogP contribution in [0.1, 0.15) is 30.4 Å². The van der Waals surface area contributed by atoms with Gasteiger partial charge in [-0.25, -0.2) is 9.18 Å². The van der Waals surface area contributed by atoms with Crippen LogP contribution < -0.4 is 20.7 Å². The number of urea groups is 1. The van der Waals surface area contributed by atoms with Gasteiger partial charge in [0.1, 0.15) is 17.3 Å². The van der Waals surface area contributed by atoms with Crippen molar-refractivity contribution in [2.24, 2.45) is 5.92 Å². The Morgan fingerprint density at radius 3 is 2.50 bits per heavy atom. The van der Waals surface area contributed by atoms with Gasteiger partial charge in [0.05, 0.1) is 5.56 Å². The Kier molecular flexibility index (Phi) is 7.14. The van der Waals surface area contributed by atoms with Gasteiger partial charge in [-0.1, -0.05) is 12.2 Å². The van der Waals surface area contributed by atoms with Gasteiger partial charge in [0.2, 0.25) is 5.91 Å². The molecule has 0 bridgehead atoms. The van der Waals surface area contributed by atoms with Crippen LogP contribution in [-0.2, 0) is 11.0 Å². The first-order valence-electron chi connectivity index (χ1n) is 11.2. The third kappa shape index (κ3) is 6.74. The normalized spacial score (nSPS) is 15.4. The quantitative estimate of drug-likeness (QED) is 0.399. The van der Waals surface area contributed by atoms with E-state index < -0.39 is 23.6 Å². The van der Waals surface area contributed by atoms with Crippen LogP contribution in [0.2, 0.25) is 0 Å². The molecule has 0 atom stereocenters. The molecule has 2 aromatic rings.